The van der Waals surface area contributed by atoms with E-state index in [0.29, 0.717) is 28.0 Å². The first-order valence-corrected chi connectivity index (χ1v) is 8.46. The Morgan fingerprint density at radius 1 is 1.08 bits per heavy atom. The van der Waals surface area contributed by atoms with Gasteiger partial charge in [-0.05, 0) is 29.2 Å². The third-order valence-corrected chi connectivity index (χ3v) is 3.80. The lowest BCUT2D eigenvalue weighted by molar-refractivity contribution is 0.346. The summed E-state index contributed by atoms with van der Waals surface area (Å²) in [5, 5.41) is 27.6. The molecule has 2 aromatic carbocycles. The molecule has 0 aliphatic heterocycles. The number of rotatable bonds is 4. The van der Waals surface area contributed by atoms with Crippen molar-refractivity contribution in [1.82, 2.24) is 10.2 Å². The highest BCUT2D eigenvalue weighted by molar-refractivity contribution is 8.16. The topological polar surface area (TPSA) is 101 Å². The molecule has 128 valence electrons. The fourth-order valence-corrected chi connectivity index (χ4v) is 2.71. The van der Waals surface area contributed by atoms with Crippen molar-refractivity contribution < 1.29 is 14.8 Å². The smallest absolute Gasteiger partial charge is 0.458 e. The molecule has 0 spiro atoms. The van der Waals surface area contributed by atoms with Crippen molar-refractivity contribution in [2.75, 3.05) is 5.73 Å². The maximum atomic E-state index is 9.46. The number of anilines is 1. The summed E-state index contributed by atoms with van der Waals surface area (Å²) in [6.07, 6.45) is 1.48. The Bertz CT molecular complexity index is 935. The predicted molar refractivity (Wildman–Crippen MR) is 110 cm³/mol. The van der Waals surface area contributed by atoms with E-state index in [9.17, 15) is 10.0 Å². The summed E-state index contributed by atoms with van der Waals surface area (Å²) in [6.45, 7) is 0. The number of ether oxygens (including phenoxy) is 1. The Hall–Kier alpha value is -1.59. The molecule has 3 aromatic rings. The minimum Gasteiger partial charge on any atom is -0.458 e. The molecule has 0 aliphatic carbocycles. The van der Waals surface area contributed by atoms with Crippen LogP contribution >= 0.6 is 37.9 Å². The zero-order valence-corrected chi connectivity index (χ0v) is 15.4. The van der Waals surface area contributed by atoms with Crippen LogP contribution < -0.4 is 15.9 Å². The molecular weight excluding hydrogens is 377 g/mol. The van der Waals surface area contributed by atoms with Gasteiger partial charge in [-0.15, -0.1) is 37.9 Å². The van der Waals surface area contributed by atoms with Gasteiger partial charge in [0.1, 0.15) is 5.75 Å². The van der Waals surface area contributed by atoms with Gasteiger partial charge in [0.25, 0.3) is 0 Å². The molecule has 0 amide bonds. The van der Waals surface area contributed by atoms with Crippen LogP contribution in [-0.4, -0.2) is 31.0 Å². The molecule has 25 heavy (non-hydrogen) atoms. The average Bonchev–Trinajstić information content (AvgIpc) is 2.53. The number of nitrogen functional groups attached to an aromatic ring is 1. The van der Waals surface area contributed by atoms with Crippen molar-refractivity contribution in [3.63, 3.8) is 0 Å². The van der Waals surface area contributed by atoms with Crippen LogP contribution in [0.3, 0.4) is 0 Å². The van der Waals surface area contributed by atoms with Crippen molar-refractivity contribution >= 4 is 67.1 Å². The van der Waals surface area contributed by atoms with Crippen LogP contribution in [0.2, 0.25) is 0 Å². The SMILES string of the molecule is Nc1cnnc2cc(-c3cc(B(O)O)ccc3OC(S)(S)S)ccc12. The molecular formula is C15H14BN3O3S3. The highest BCUT2D eigenvalue weighted by atomic mass is 32.2. The number of nitrogens with two attached hydrogens (primary N) is 1. The zero-order chi connectivity index (χ0) is 18.2. The van der Waals surface area contributed by atoms with Gasteiger partial charge in [-0.25, -0.2) is 0 Å². The van der Waals surface area contributed by atoms with Crippen LogP contribution in [0.25, 0.3) is 22.0 Å². The molecule has 4 N–H and O–H groups in total. The fourth-order valence-electron chi connectivity index (χ4n) is 2.42. The van der Waals surface area contributed by atoms with Gasteiger partial charge in [0.2, 0.25) is 3.60 Å². The largest absolute Gasteiger partial charge is 0.488 e. The minimum atomic E-state index is -1.61. The number of benzene rings is 2. The Morgan fingerprint density at radius 2 is 1.84 bits per heavy atom. The van der Waals surface area contributed by atoms with E-state index in [0.717, 1.165) is 10.9 Å². The van der Waals surface area contributed by atoms with Gasteiger partial charge in [-0.2, -0.15) is 10.2 Å². The van der Waals surface area contributed by atoms with Gasteiger partial charge in [0.05, 0.1) is 17.4 Å². The lowest BCUT2D eigenvalue weighted by Crippen LogP contribution is -2.30. The summed E-state index contributed by atoms with van der Waals surface area (Å²) in [5.41, 5.74) is 8.65. The monoisotopic (exact) mass is 391 g/mol. The lowest BCUT2D eigenvalue weighted by atomic mass is 9.79. The van der Waals surface area contributed by atoms with E-state index in [1.807, 2.05) is 12.1 Å². The summed E-state index contributed by atoms with van der Waals surface area (Å²) in [4.78, 5) is 0. The molecule has 0 radical (unpaired) electrons. The molecule has 0 bridgehead atoms. The van der Waals surface area contributed by atoms with E-state index < -0.39 is 10.7 Å². The molecule has 3 rings (SSSR count). The molecule has 0 saturated carbocycles. The van der Waals surface area contributed by atoms with Gasteiger partial charge in [-0.1, -0.05) is 18.2 Å². The van der Waals surface area contributed by atoms with Crippen molar-refractivity contribution in [3.05, 3.63) is 42.6 Å². The quantitative estimate of drug-likeness (QED) is 0.228. The standard InChI is InChI=1S/C15H14BN3O3S3/c17-12-7-18-19-13-5-8(1-3-10(12)13)11-6-9(16(20)21)2-4-14(11)22-15(23,24)25/h1-7,20-21,23-25H,(H2,17,19). The van der Waals surface area contributed by atoms with Crippen LogP contribution in [0.4, 0.5) is 5.69 Å². The Morgan fingerprint density at radius 3 is 2.52 bits per heavy atom. The lowest BCUT2D eigenvalue weighted by Gasteiger charge is -2.21. The summed E-state index contributed by atoms with van der Waals surface area (Å²) in [5.74, 6) is 0.417. The van der Waals surface area contributed by atoms with Gasteiger partial charge in [-0.3, -0.25) is 0 Å². The predicted octanol–water partition coefficient (Wildman–Crippen LogP) is 1.34. The number of aromatic nitrogens is 2. The van der Waals surface area contributed by atoms with Gasteiger partial charge in [0, 0.05) is 10.9 Å². The molecule has 0 unspecified atom stereocenters. The summed E-state index contributed by atoms with van der Waals surface area (Å²) >= 11 is 12.4. The molecule has 0 atom stereocenters. The van der Waals surface area contributed by atoms with Crippen molar-refractivity contribution in [2.45, 2.75) is 3.60 Å². The van der Waals surface area contributed by atoms with E-state index in [2.05, 4.69) is 48.1 Å². The van der Waals surface area contributed by atoms with Crippen LogP contribution in [0.5, 0.6) is 5.75 Å². The van der Waals surface area contributed by atoms with E-state index in [-0.39, 0.29) is 0 Å². The summed E-state index contributed by atoms with van der Waals surface area (Å²) in [7, 11) is -1.61. The van der Waals surface area contributed by atoms with Crippen molar-refractivity contribution in [2.24, 2.45) is 0 Å². The summed E-state index contributed by atoms with van der Waals surface area (Å²) < 4.78 is 4.32. The second-order valence-electron chi connectivity index (χ2n) is 5.34. The first-order chi connectivity index (χ1) is 11.7. The van der Waals surface area contributed by atoms with Crippen molar-refractivity contribution in [1.29, 1.82) is 0 Å². The highest BCUT2D eigenvalue weighted by Crippen LogP contribution is 2.36. The van der Waals surface area contributed by atoms with Crippen LogP contribution in [0.1, 0.15) is 0 Å². The summed E-state index contributed by atoms with van der Waals surface area (Å²) in [6, 6.07) is 10.1. The molecule has 10 heteroatoms. The van der Waals surface area contributed by atoms with E-state index in [1.165, 1.54) is 12.3 Å². The number of hydrogen-bond acceptors (Lipinski definition) is 9. The normalized spacial score (nSPS) is 11.6. The first-order valence-electron chi connectivity index (χ1n) is 7.12. The fraction of sp³-hybridized carbons (Fsp3) is 0.0667. The maximum absolute atomic E-state index is 9.46. The van der Waals surface area contributed by atoms with Gasteiger partial charge in [0.15, 0.2) is 0 Å². The van der Waals surface area contributed by atoms with E-state index in [4.69, 9.17) is 10.5 Å². The van der Waals surface area contributed by atoms with Crippen molar-refractivity contribution in [3.8, 4) is 16.9 Å². The second-order valence-corrected chi connectivity index (χ2v) is 8.28. The number of hydrogen-bond donors (Lipinski definition) is 6. The van der Waals surface area contributed by atoms with E-state index in [1.54, 1.807) is 18.2 Å². The Balaban J connectivity index is 2.18. The van der Waals surface area contributed by atoms with E-state index >= 15 is 0 Å². The molecule has 0 aliphatic rings. The Labute approximate surface area is 160 Å². The Kier molecular flexibility index (Phi) is 5.07. The first kappa shape index (κ1) is 18.2. The minimum absolute atomic E-state index is 0.309. The highest BCUT2D eigenvalue weighted by Gasteiger charge is 2.21. The number of thiol groups is 3. The third-order valence-electron chi connectivity index (χ3n) is 3.53. The third kappa shape index (κ3) is 4.16. The molecule has 6 nitrogen and oxygen atoms in total. The van der Waals surface area contributed by atoms with Crippen LogP contribution in [0.15, 0.2) is 42.6 Å². The maximum Gasteiger partial charge on any atom is 0.488 e. The zero-order valence-electron chi connectivity index (χ0n) is 12.7. The van der Waals surface area contributed by atoms with Crippen LogP contribution in [-0.2, 0) is 0 Å². The molecule has 0 saturated heterocycles. The molecule has 1 heterocycles. The van der Waals surface area contributed by atoms with Gasteiger partial charge < -0.3 is 20.5 Å². The molecule has 0 fully saturated rings. The molecule has 1 aromatic heterocycles. The van der Waals surface area contributed by atoms with Crippen LogP contribution in [0, 0.1) is 0 Å². The second kappa shape index (κ2) is 6.97. The number of nitrogens with zero attached hydrogens (tertiary/aromatic N) is 2. The van der Waals surface area contributed by atoms with Gasteiger partial charge >= 0.3 is 7.12 Å². The number of fused-ring (bicyclic) bond motifs is 1. The average molecular weight is 391 g/mol.